The number of urea groups is 1. The molecule has 1 heterocycles. The Hall–Kier alpha value is -2.28. The van der Waals surface area contributed by atoms with E-state index in [1.165, 1.54) is 0 Å². The van der Waals surface area contributed by atoms with Crippen molar-refractivity contribution >= 4 is 23.3 Å². The van der Waals surface area contributed by atoms with E-state index in [0.717, 1.165) is 24.4 Å². The van der Waals surface area contributed by atoms with Crippen LogP contribution in [-0.4, -0.2) is 50.9 Å². The van der Waals surface area contributed by atoms with E-state index in [9.17, 15) is 4.79 Å². The minimum absolute atomic E-state index is 0.0362. The Balaban J connectivity index is 1.68. The van der Waals surface area contributed by atoms with Gasteiger partial charge in [0.25, 0.3) is 0 Å². The summed E-state index contributed by atoms with van der Waals surface area (Å²) in [6.07, 6.45) is 0. The van der Waals surface area contributed by atoms with Crippen LogP contribution in [0.1, 0.15) is 11.6 Å². The van der Waals surface area contributed by atoms with Crippen LogP contribution in [-0.2, 0) is 4.74 Å². The minimum atomic E-state index is -0.265. The molecule has 2 amide bonds. The molecule has 2 aromatic carbocycles. The van der Waals surface area contributed by atoms with Crippen LogP contribution in [0, 0.1) is 0 Å². The number of carbonyl (C=O) groups is 1. The van der Waals surface area contributed by atoms with Gasteiger partial charge in [-0.1, -0.05) is 29.8 Å². The number of nitrogens with one attached hydrogen (secondary N) is 2. The standard InChI is InChI=1S/C20H24ClN3O3/c1-26-18-7-2-4-15(12-18)19(24-8-10-27-11-9-24)14-22-20(25)23-17-6-3-5-16(21)13-17/h2-7,12-13,19H,8-11,14H2,1H3,(H2,22,23,25)/t19-/m1/s1. The second kappa shape index (κ2) is 9.60. The molecule has 0 spiro atoms. The Morgan fingerprint density at radius 3 is 2.74 bits per heavy atom. The van der Waals surface area contributed by atoms with Gasteiger partial charge >= 0.3 is 6.03 Å². The van der Waals surface area contributed by atoms with Crippen molar-refractivity contribution in [3.8, 4) is 5.75 Å². The Morgan fingerprint density at radius 2 is 2.00 bits per heavy atom. The summed E-state index contributed by atoms with van der Waals surface area (Å²) in [5, 5.41) is 6.36. The largest absolute Gasteiger partial charge is 0.497 e. The Labute approximate surface area is 164 Å². The molecular weight excluding hydrogens is 366 g/mol. The number of halogens is 1. The van der Waals surface area contributed by atoms with E-state index in [2.05, 4.69) is 21.6 Å². The lowest BCUT2D eigenvalue weighted by molar-refractivity contribution is 0.0167. The molecule has 2 N–H and O–H groups in total. The van der Waals surface area contributed by atoms with Gasteiger partial charge in [-0.3, -0.25) is 4.90 Å². The second-order valence-electron chi connectivity index (χ2n) is 6.29. The van der Waals surface area contributed by atoms with Gasteiger partial charge in [0.2, 0.25) is 0 Å². The summed E-state index contributed by atoms with van der Waals surface area (Å²) in [5.74, 6) is 0.800. The summed E-state index contributed by atoms with van der Waals surface area (Å²) >= 11 is 5.96. The van der Waals surface area contributed by atoms with Crippen LogP contribution < -0.4 is 15.4 Å². The maximum absolute atomic E-state index is 12.3. The second-order valence-corrected chi connectivity index (χ2v) is 6.72. The molecule has 27 heavy (non-hydrogen) atoms. The number of benzene rings is 2. The third-order valence-electron chi connectivity index (χ3n) is 4.50. The van der Waals surface area contributed by atoms with Crippen LogP contribution in [0.4, 0.5) is 10.5 Å². The fraction of sp³-hybridized carbons (Fsp3) is 0.350. The molecule has 1 saturated heterocycles. The average Bonchev–Trinajstić information content (AvgIpc) is 2.69. The molecular formula is C20H24ClN3O3. The smallest absolute Gasteiger partial charge is 0.319 e. The number of methoxy groups -OCH3 is 1. The Bertz CT molecular complexity index is 766. The van der Waals surface area contributed by atoms with Gasteiger partial charge in [0, 0.05) is 30.3 Å². The summed E-state index contributed by atoms with van der Waals surface area (Å²) in [4.78, 5) is 14.6. The van der Waals surface area contributed by atoms with Gasteiger partial charge in [-0.25, -0.2) is 4.79 Å². The first-order valence-corrected chi connectivity index (χ1v) is 9.29. The first-order chi connectivity index (χ1) is 13.2. The highest BCUT2D eigenvalue weighted by Crippen LogP contribution is 2.25. The van der Waals surface area contributed by atoms with Crippen LogP contribution in [0.25, 0.3) is 0 Å². The first kappa shape index (κ1) is 19.5. The van der Waals surface area contributed by atoms with E-state index < -0.39 is 0 Å². The zero-order valence-electron chi connectivity index (χ0n) is 15.3. The zero-order valence-corrected chi connectivity index (χ0v) is 16.0. The van der Waals surface area contributed by atoms with Crippen molar-refractivity contribution in [2.75, 3.05) is 45.3 Å². The molecule has 1 atom stereocenters. The highest BCUT2D eigenvalue weighted by atomic mass is 35.5. The fourth-order valence-electron chi connectivity index (χ4n) is 3.13. The van der Waals surface area contributed by atoms with Gasteiger partial charge in [-0.15, -0.1) is 0 Å². The molecule has 1 aliphatic heterocycles. The van der Waals surface area contributed by atoms with Crippen LogP contribution in [0.5, 0.6) is 5.75 Å². The maximum atomic E-state index is 12.3. The number of hydrogen-bond acceptors (Lipinski definition) is 4. The molecule has 7 heteroatoms. The summed E-state index contributed by atoms with van der Waals surface area (Å²) in [6.45, 7) is 3.49. The van der Waals surface area contributed by atoms with Crippen molar-refractivity contribution in [1.29, 1.82) is 0 Å². The molecule has 1 aliphatic rings. The summed E-state index contributed by atoms with van der Waals surface area (Å²) in [5.41, 5.74) is 1.75. The van der Waals surface area contributed by atoms with Crippen LogP contribution in [0.2, 0.25) is 5.02 Å². The molecule has 0 bridgehead atoms. The van der Waals surface area contributed by atoms with Crippen molar-refractivity contribution in [3.63, 3.8) is 0 Å². The molecule has 0 radical (unpaired) electrons. The van der Waals surface area contributed by atoms with E-state index in [-0.39, 0.29) is 12.1 Å². The van der Waals surface area contributed by atoms with Crippen molar-refractivity contribution in [2.24, 2.45) is 0 Å². The zero-order chi connectivity index (χ0) is 19.1. The predicted molar refractivity (Wildman–Crippen MR) is 107 cm³/mol. The van der Waals surface area contributed by atoms with E-state index in [1.807, 2.05) is 18.2 Å². The predicted octanol–water partition coefficient (Wildman–Crippen LogP) is 3.54. The minimum Gasteiger partial charge on any atom is -0.497 e. The number of anilines is 1. The van der Waals surface area contributed by atoms with Gasteiger partial charge in [-0.2, -0.15) is 0 Å². The van der Waals surface area contributed by atoms with Crippen LogP contribution >= 0.6 is 11.6 Å². The van der Waals surface area contributed by atoms with Crippen molar-refractivity contribution in [2.45, 2.75) is 6.04 Å². The molecule has 1 fully saturated rings. The highest BCUT2D eigenvalue weighted by molar-refractivity contribution is 6.30. The van der Waals surface area contributed by atoms with Gasteiger partial charge in [0.15, 0.2) is 0 Å². The topological polar surface area (TPSA) is 62.8 Å². The molecule has 144 valence electrons. The van der Waals surface area contributed by atoms with E-state index in [0.29, 0.717) is 30.5 Å². The lowest BCUT2D eigenvalue weighted by atomic mass is 10.0. The van der Waals surface area contributed by atoms with E-state index in [1.54, 1.807) is 31.4 Å². The van der Waals surface area contributed by atoms with Gasteiger partial charge in [-0.05, 0) is 35.9 Å². The number of ether oxygens (including phenoxy) is 2. The van der Waals surface area contributed by atoms with Gasteiger partial charge in [0.1, 0.15) is 5.75 Å². The Kier molecular flexibility index (Phi) is 6.92. The SMILES string of the molecule is COc1cccc([C@@H](CNC(=O)Nc2cccc(Cl)c2)N2CCOCC2)c1. The molecule has 0 unspecified atom stereocenters. The summed E-state index contributed by atoms with van der Waals surface area (Å²) in [6, 6.07) is 14.8. The Morgan fingerprint density at radius 1 is 1.22 bits per heavy atom. The number of morpholine rings is 1. The maximum Gasteiger partial charge on any atom is 0.319 e. The molecule has 0 saturated carbocycles. The van der Waals surface area contributed by atoms with E-state index >= 15 is 0 Å². The molecule has 0 aromatic heterocycles. The van der Waals surface area contributed by atoms with Crippen LogP contribution in [0.3, 0.4) is 0 Å². The summed E-state index contributed by atoms with van der Waals surface area (Å²) < 4.78 is 10.8. The average molecular weight is 390 g/mol. The van der Waals surface area contributed by atoms with Gasteiger partial charge in [0.05, 0.1) is 26.4 Å². The van der Waals surface area contributed by atoms with E-state index in [4.69, 9.17) is 21.1 Å². The highest BCUT2D eigenvalue weighted by Gasteiger charge is 2.23. The summed E-state index contributed by atoms with van der Waals surface area (Å²) in [7, 11) is 1.65. The lowest BCUT2D eigenvalue weighted by Gasteiger charge is -2.35. The van der Waals surface area contributed by atoms with Gasteiger partial charge < -0.3 is 20.1 Å². The lowest BCUT2D eigenvalue weighted by Crippen LogP contribution is -2.44. The monoisotopic (exact) mass is 389 g/mol. The fourth-order valence-corrected chi connectivity index (χ4v) is 3.32. The van der Waals surface area contributed by atoms with Crippen LogP contribution in [0.15, 0.2) is 48.5 Å². The van der Waals surface area contributed by atoms with Crippen molar-refractivity contribution in [3.05, 3.63) is 59.1 Å². The number of carbonyl (C=O) groups excluding carboxylic acids is 1. The number of hydrogen-bond donors (Lipinski definition) is 2. The number of rotatable bonds is 6. The molecule has 6 nitrogen and oxygen atoms in total. The number of nitrogens with zero attached hydrogens (tertiary/aromatic N) is 1. The third-order valence-corrected chi connectivity index (χ3v) is 4.74. The first-order valence-electron chi connectivity index (χ1n) is 8.92. The van der Waals surface area contributed by atoms with Crippen molar-refractivity contribution in [1.82, 2.24) is 10.2 Å². The number of amides is 2. The molecule has 3 rings (SSSR count). The quantitative estimate of drug-likeness (QED) is 0.793. The molecule has 0 aliphatic carbocycles. The normalized spacial score (nSPS) is 15.8. The van der Waals surface area contributed by atoms with Crippen molar-refractivity contribution < 1.29 is 14.3 Å². The molecule has 2 aromatic rings. The third kappa shape index (κ3) is 5.60.